The summed E-state index contributed by atoms with van der Waals surface area (Å²) in [6.07, 6.45) is 2.17. The molecule has 1 unspecified atom stereocenters. The van der Waals surface area contributed by atoms with E-state index in [4.69, 9.17) is 23.2 Å². The zero-order valence-electron chi connectivity index (χ0n) is 11.2. The first-order valence-electron chi connectivity index (χ1n) is 6.13. The third-order valence-electron chi connectivity index (χ3n) is 2.75. The van der Waals surface area contributed by atoms with Crippen molar-refractivity contribution < 1.29 is 9.90 Å². The Bertz CT molecular complexity index is 625. The summed E-state index contributed by atoms with van der Waals surface area (Å²) in [7, 11) is 1.74. The van der Waals surface area contributed by atoms with Gasteiger partial charge < -0.3 is 15.7 Å². The van der Waals surface area contributed by atoms with Gasteiger partial charge in [-0.1, -0.05) is 29.3 Å². The van der Waals surface area contributed by atoms with Crippen molar-refractivity contribution in [2.75, 3.05) is 11.9 Å². The number of urea groups is 1. The summed E-state index contributed by atoms with van der Waals surface area (Å²) in [4.78, 5) is 11.7. The van der Waals surface area contributed by atoms with Crippen molar-refractivity contribution in [2.45, 2.75) is 6.10 Å². The monoisotopic (exact) mass is 328 g/mol. The Morgan fingerprint density at radius 3 is 2.67 bits per heavy atom. The highest BCUT2D eigenvalue weighted by molar-refractivity contribution is 6.36. The highest BCUT2D eigenvalue weighted by atomic mass is 35.5. The van der Waals surface area contributed by atoms with E-state index >= 15 is 0 Å². The molecule has 1 aromatic heterocycles. The molecule has 0 radical (unpaired) electrons. The maximum Gasteiger partial charge on any atom is 0.319 e. The molecule has 8 heteroatoms. The van der Waals surface area contributed by atoms with Crippen LogP contribution < -0.4 is 10.6 Å². The quantitative estimate of drug-likeness (QED) is 0.807. The molecule has 1 heterocycles. The fraction of sp³-hybridized carbons (Fsp3) is 0.231. The predicted octanol–water partition coefficient (Wildman–Crippen LogP) is 2.58. The SMILES string of the molecule is Cn1cc(NC(=O)NCC(O)c2c(Cl)cccc2Cl)cn1. The number of halogens is 2. The summed E-state index contributed by atoms with van der Waals surface area (Å²) in [6.45, 7) is -0.0183. The molecule has 0 saturated carbocycles. The lowest BCUT2D eigenvalue weighted by Gasteiger charge is -2.15. The number of hydrogen-bond acceptors (Lipinski definition) is 3. The molecule has 0 aliphatic rings. The zero-order chi connectivity index (χ0) is 15.4. The third kappa shape index (κ3) is 4.10. The fourth-order valence-electron chi connectivity index (χ4n) is 1.78. The van der Waals surface area contributed by atoms with E-state index in [0.717, 1.165) is 0 Å². The third-order valence-corrected chi connectivity index (χ3v) is 3.41. The van der Waals surface area contributed by atoms with E-state index in [1.165, 1.54) is 6.20 Å². The summed E-state index contributed by atoms with van der Waals surface area (Å²) in [5.41, 5.74) is 0.947. The Hall–Kier alpha value is -1.76. The van der Waals surface area contributed by atoms with Crippen LogP contribution in [0.5, 0.6) is 0 Å². The van der Waals surface area contributed by atoms with Gasteiger partial charge in [-0.2, -0.15) is 5.10 Å². The Kier molecular flexibility index (Phi) is 5.06. The smallest absolute Gasteiger partial charge is 0.319 e. The van der Waals surface area contributed by atoms with Gasteiger partial charge in [0, 0.05) is 35.4 Å². The molecule has 0 aliphatic carbocycles. The lowest BCUT2D eigenvalue weighted by molar-refractivity contribution is 0.175. The van der Waals surface area contributed by atoms with Crippen molar-refractivity contribution >= 4 is 34.9 Å². The average molecular weight is 329 g/mol. The van der Waals surface area contributed by atoms with Crippen molar-refractivity contribution in [1.29, 1.82) is 0 Å². The Morgan fingerprint density at radius 1 is 1.43 bits per heavy atom. The number of benzene rings is 1. The lowest BCUT2D eigenvalue weighted by atomic mass is 10.1. The second-order valence-corrected chi connectivity index (χ2v) is 5.20. The van der Waals surface area contributed by atoms with Crippen LogP contribution in [0.3, 0.4) is 0 Å². The van der Waals surface area contributed by atoms with Gasteiger partial charge in [-0.05, 0) is 12.1 Å². The number of nitrogens with one attached hydrogen (secondary N) is 2. The summed E-state index contributed by atoms with van der Waals surface area (Å²) < 4.78 is 1.56. The maximum absolute atomic E-state index is 11.7. The second-order valence-electron chi connectivity index (χ2n) is 4.39. The normalized spacial score (nSPS) is 12.0. The number of carbonyl (C=O) groups is 1. The summed E-state index contributed by atoms with van der Waals surface area (Å²) in [5, 5.41) is 19.8. The van der Waals surface area contributed by atoms with Gasteiger partial charge in [-0.3, -0.25) is 4.68 Å². The molecule has 0 bridgehead atoms. The number of nitrogens with zero attached hydrogens (tertiary/aromatic N) is 2. The largest absolute Gasteiger partial charge is 0.386 e. The topological polar surface area (TPSA) is 79.2 Å². The predicted molar refractivity (Wildman–Crippen MR) is 81.7 cm³/mol. The van der Waals surface area contributed by atoms with E-state index in [1.807, 2.05) is 0 Å². The second kappa shape index (κ2) is 6.80. The van der Waals surface area contributed by atoms with Crippen LogP contribution in [0.25, 0.3) is 0 Å². The van der Waals surface area contributed by atoms with Crippen LogP contribution in [0.1, 0.15) is 11.7 Å². The van der Waals surface area contributed by atoms with Gasteiger partial charge >= 0.3 is 6.03 Å². The van der Waals surface area contributed by atoms with Gasteiger partial charge in [0.15, 0.2) is 0 Å². The first kappa shape index (κ1) is 15.6. The van der Waals surface area contributed by atoms with Crippen molar-refractivity contribution in [3.63, 3.8) is 0 Å². The van der Waals surface area contributed by atoms with Gasteiger partial charge in [-0.25, -0.2) is 4.79 Å². The minimum absolute atomic E-state index is 0.0183. The molecule has 1 aromatic carbocycles. The maximum atomic E-state index is 11.7. The van der Waals surface area contributed by atoms with Crippen LogP contribution in [-0.2, 0) is 7.05 Å². The number of hydrogen-bond donors (Lipinski definition) is 3. The van der Waals surface area contributed by atoms with E-state index in [-0.39, 0.29) is 6.54 Å². The number of aryl methyl sites for hydroxylation is 1. The summed E-state index contributed by atoms with van der Waals surface area (Å²) >= 11 is 12.0. The van der Waals surface area contributed by atoms with Crippen molar-refractivity contribution in [1.82, 2.24) is 15.1 Å². The molecule has 0 spiro atoms. The molecule has 1 atom stereocenters. The van der Waals surface area contributed by atoms with Crippen molar-refractivity contribution in [2.24, 2.45) is 7.05 Å². The van der Waals surface area contributed by atoms with Crippen molar-refractivity contribution in [3.8, 4) is 0 Å². The minimum atomic E-state index is -0.995. The number of aromatic nitrogens is 2. The van der Waals surface area contributed by atoms with E-state index < -0.39 is 12.1 Å². The molecule has 0 aliphatic heterocycles. The van der Waals surface area contributed by atoms with E-state index in [0.29, 0.717) is 21.3 Å². The number of rotatable bonds is 4. The van der Waals surface area contributed by atoms with Crippen molar-refractivity contribution in [3.05, 3.63) is 46.2 Å². The van der Waals surface area contributed by atoms with Gasteiger partial charge in [0.25, 0.3) is 0 Å². The molecule has 6 nitrogen and oxygen atoms in total. The number of amides is 2. The molecule has 0 fully saturated rings. The van der Waals surface area contributed by atoms with Gasteiger partial charge in [0.1, 0.15) is 0 Å². The van der Waals surface area contributed by atoms with Crippen LogP contribution in [0, 0.1) is 0 Å². The lowest BCUT2D eigenvalue weighted by Crippen LogP contribution is -2.32. The zero-order valence-corrected chi connectivity index (χ0v) is 12.7. The van der Waals surface area contributed by atoms with Gasteiger partial charge in [-0.15, -0.1) is 0 Å². The van der Waals surface area contributed by atoms with Crippen LogP contribution in [0.15, 0.2) is 30.6 Å². The first-order chi connectivity index (χ1) is 9.97. The molecule has 112 valence electrons. The molecular formula is C13H14Cl2N4O2. The Labute approximate surface area is 131 Å². The van der Waals surface area contributed by atoms with E-state index in [9.17, 15) is 9.90 Å². The summed E-state index contributed by atoms with van der Waals surface area (Å²) in [5.74, 6) is 0. The minimum Gasteiger partial charge on any atom is -0.386 e. The van der Waals surface area contributed by atoms with Gasteiger partial charge in [0.05, 0.1) is 18.0 Å². The standard InChI is InChI=1S/C13H14Cl2N4O2/c1-19-7-8(5-17-19)18-13(21)16-6-11(20)12-9(14)3-2-4-10(12)15/h2-5,7,11,20H,6H2,1H3,(H2,16,18,21). The van der Waals surface area contributed by atoms with Gasteiger partial charge in [0.2, 0.25) is 0 Å². The average Bonchev–Trinajstić information content (AvgIpc) is 2.81. The Morgan fingerprint density at radius 2 is 2.10 bits per heavy atom. The van der Waals surface area contributed by atoms with Crippen LogP contribution in [-0.4, -0.2) is 27.5 Å². The molecule has 0 saturated heterocycles. The molecule has 2 rings (SSSR count). The number of aliphatic hydroxyl groups is 1. The molecule has 3 N–H and O–H groups in total. The highest BCUT2D eigenvalue weighted by Crippen LogP contribution is 2.29. The molecule has 2 amide bonds. The van der Waals surface area contributed by atoms with E-state index in [1.54, 1.807) is 36.1 Å². The Balaban J connectivity index is 1.91. The highest BCUT2D eigenvalue weighted by Gasteiger charge is 2.16. The summed E-state index contributed by atoms with van der Waals surface area (Å²) in [6, 6.07) is 4.48. The number of aliphatic hydroxyl groups excluding tert-OH is 1. The number of anilines is 1. The van der Waals surface area contributed by atoms with Crippen LogP contribution in [0.2, 0.25) is 10.0 Å². The van der Waals surface area contributed by atoms with Crippen LogP contribution in [0.4, 0.5) is 10.5 Å². The number of carbonyl (C=O) groups excluding carboxylic acids is 1. The first-order valence-corrected chi connectivity index (χ1v) is 6.88. The molecule has 21 heavy (non-hydrogen) atoms. The van der Waals surface area contributed by atoms with E-state index in [2.05, 4.69) is 15.7 Å². The fourth-order valence-corrected chi connectivity index (χ4v) is 2.43. The molecular weight excluding hydrogens is 315 g/mol. The van der Waals surface area contributed by atoms with Crippen LogP contribution >= 0.6 is 23.2 Å². The molecule has 2 aromatic rings.